The van der Waals surface area contributed by atoms with E-state index in [-0.39, 0.29) is 5.56 Å². The molecule has 0 aliphatic rings. The van der Waals surface area contributed by atoms with Gasteiger partial charge in [-0.05, 0) is 63.0 Å². The van der Waals surface area contributed by atoms with Crippen LogP contribution in [-0.2, 0) is 20.2 Å². The third-order valence-corrected chi connectivity index (χ3v) is 11.3. The molecule has 0 saturated carbocycles. The summed E-state index contributed by atoms with van der Waals surface area (Å²) >= 11 is 0. The SMILES string of the molecule is O=S(=O)(OS(c1ccccc1)(c1ccccc1)c1ccccc1)C(F)(F)Cc1cccc2ccccc12. The van der Waals surface area contributed by atoms with Crippen LogP contribution in [0.1, 0.15) is 5.56 Å². The van der Waals surface area contributed by atoms with Gasteiger partial charge in [0.05, 0.1) is 6.42 Å². The van der Waals surface area contributed by atoms with E-state index in [2.05, 4.69) is 0 Å². The zero-order valence-corrected chi connectivity index (χ0v) is 21.3. The summed E-state index contributed by atoms with van der Waals surface area (Å²) in [5.74, 6) is 0. The Morgan fingerprint density at radius 2 is 1.00 bits per heavy atom. The van der Waals surface area contributed by atoms with Gasteiger partial charge in [-0.3, -0.25) is 0 Å². The second kappa shape index (κ2) is 10.1. The fourth-order valence-electron chi connectivity index (χ4n) is 4.30. The lowest BCUT2D eigenvalue weighted by Gasteiger charge is -2.40. The summed E-state index contributed by atoms with van der Waals surface area (Å²) < 4.78 is 64.6. The summed E-state index contributed by atoms with van der Waals surface area (Å²) in [7, 11) is -8.50. The van der Waals surface area contributed by atoms with Crippen LogP contribution < -0.4 is 0 Å². The molecule has 0 amide bonds. The molecule has 5 rings (SSSR count). The van der Waals surface area contributed by atoms with Crippen LogP contribution in [0.3, 0.4) is 0 Å². The molecule has 0 bridgehead atoms. The van der Waals surface area contributed by atoms with Crippen molar-refractivity contribution in [2.45, 2.75) is 26.4 Å². The van der Waals surface area contributed by atoms with Crippen LogP contribution >= 0.6 is 10.3 Å². The topological polar surface area (TPSA) is 43.4 Å². The van der Waals surface area contributed by atoms with E-state index in [9.17, 15) is 8.42 Å². The quantitative estimate of drug-likeness (QED) is 0.201. The van der Waals surface area contributed by atoms with Crippen LogP contribution in [0.15, 0.2) is 148 Å². The molecule has 0 spiro atoms. The minimum Gasteiger partial charge on any atom is -0.202 e. The van der Waals surface area contributed by atoms with E-state index in [1.807, 2.05) is 0 Å². The van der Waals surface area contributed by atoms with Gasteiger partial charge in [0.1, 0.15) is 0 Å². The van der Waals surface area contributed by atoms with Crippen molar-refractivity contribution < 1.29 is 20.8 Å². The molecule has 0 aliphatic heterocycles. The van der Waals surface area contributed by atoms with Gasteiger partial charge in [0.15, 0.2) is 0 Å². The Bertz CT molecular complexity index is 1510. The molecule has 0 saturated heterocycles. The first-order valence-corrected chi connectivity index (χ1v) is 14.6. The van der Waals surface area contributed by atoms with Gasteiger partial charge < -0.3 is 0 Å². The van der Waals surface area contributed by atoms with Crippen molar-refractivity contribution in [2.75, 3.05) is 0 Å². The first-order chi connectivity index (χ1) is 17.8. The van der Waals surface area contributed by atoms with Crippen LogP contribution in [0.4, 0.5) is 8.78 Å². The Hall–Kier alpha value is -3.52. The summed E-state index contributed by atoms with van der Waals surface area (Å²) in [4.78, 5) is 1.49. The number of alkyl halides is 2. The maximum Gasteiger partial charge on any atom is 0.375 e. The highest BCUT2D eigenvalue weighted by molar-refractivity contribution is 8.33. The lowest BCUT2D eigenvalue weighted by atomic mass is 10.0. The molecule has 37 heavy (non-hydrogen) atoms. The van der Waals surface area contributed by atoms with Gasteiger partial charge in [-0.2, -0.15) is 17.2 Å². The maximum absolute atomic E-state index is 15.8. The standard InChI is InChI=1S/C30H24F2O3S2/c31-30(32,23-25-15-12-14-24-13-10-11-22-29(24)25)37(33,34)35-36(26-16-4-1-5-17-26,27-18-6-2-7-19-27)28-20-8-3-9-21-28/h1-22H,23H2. The van der Waals surface area contributed by atoms with Crippen LogP contribution in [-0.4, -0.2) is 13.7 Å². The molecule has 7 heteroatoms. The van der Waals surface area contributed by atoms with Crippen molar-refractivity contribution >= 4 is 31.2 Å². The highest BCUT2D eigenvalue weighted by Gasteiger charge is 2.51. The van der Waals surface area contributed by atoms with Crippen LogP contribution in [0, 0.1) is 0 Å². The summed E-state index contributed by atoms with van der Waals surface area (Å²) in [5.41, 5.74) is 0.231. The fraction of sp³-hybridized carbons (Fsp3) is 0.0667. The smallest absolute Gasteiger partial charge is 0.202 e. The van der Waals surface area contributed by atoms with Gasteiger partial charge in [-0.1, -0.05) is 97.1 Å². The Labute approximate surface area is 217 Å². The van der Waals surface area contributed by atoms with E-state index < -0.39 is 32.1 Å². The average Bonchev–Trinajstić information content (AvgIpc) is 2.93. The van der Waals surface area contributed by atoms with E-state index in [1.54, 1.807) is 127 Å². The van der Waals surface area contributed by atoms with Crippen molar-refractivity contribution in [3.8, 4) is 0 Å². The molecule has 0 unspecified atom stereocenters. The van der Waals surface area contributed by atoms with Gasteiger partial charge in [-0.15, -0.1) is 0 Å². The van der Waals surface area contributed by atoms with Crippen molar-refractivity contribution in [3.63, 3.8) is 0 Å². The number of fused-ring (bicyclic) bond motifs is 1. The minimum absolute atomic E-state index is 0.231. The van der Waals surface area contributed by atoms with Crippen LogP contribution in [0.5, 0.6) is 0 Å². The average molecular weight is 535 g/mol. The van der Waals surface area contributed by atoms with E-state index in [0.717, 1.165) is 5.39 Å². The van der Waals surface area contributed by atoms with E-state index in [1.165, 1.54) is 6.07 Å². The molecular weight excluding hydrogens is 510 g/mol. The van der Waals surface area contributed by atoms with Crippen molar-refractivity contribution in [1.82, 2.24) is 0 Å². The molecule has 0 N–H and O–H groups in total. The van der Waals surface area contributed by atoms with Crippen molar-refractivity contribution in [3.05, 3.63) is 139 Å². The predicted molar refractivity (Wildman–Crippen MR) is 144 cm³/mol. The zero-order valence-electron chi connectivity index (χ0n) is 19.7. The number of hydrogen-bond donors (Lipinski definition) is 0. The van der Waals surface area contributed by atoms with Gasteiger partial charge in [-0.25, -0.2) is 3.63 Å². The third kappa shape index (κ3) is 4.78. The summed E-state index contributed by atoms with van der Waals surface area (Å²) in [6.45, 7) is 0. The first kappa shape index (κ1) is 25.1. The summed E-state index contributed by atoms with van der Waals surface area (Å²) in [6.07, 6.45) is -1.01. The maximum atomic E-state index is 15.8. The molecule has 0 aromatic heterocycles. The Kier molecular flexibility index (Phi) is 6.86. The Morgan fingerprint density at radius 3 is 1.51 bits per heavy atom. The molecule has 188 valence electrons. The molecule has 5 aromatic carbocycles. The Morgan fingerprint density at radius 1 is 0.568 bits per heavy atom. The lowest BCUT2D eigenvalue weighted by molar-refractivity contribution is 0.0839. The fourth-order valence-corrected chi connectivity index (χ4v) is 9.49. The van der Waals surface area contributed by atoms with Crippen molar-refractivity contribution in [2.24, 2.45) is 0 Å². The number of rotatable bonds is 8. The molecular formula is C30H24F2O3S2. The number of halogens is 2. The van der Waals surface area contributed by atoms with Gasteiger partial charge in [0.25, 0.3) is 0 Å². The molecule has 0 radical (unpaired) electrons. The molecule has 5 aromatic rings. The molecule has 0 heterocycles. The minimum atomic E-state index is -5.43. The molecule has 0 aliphatic carbocycles. The number of benzene rings is 5. The highest BCUT2D eigenvalue weighted by Crippen LogP contribution is 2.70. The largest absolute Gasteiger partial charge is 0.375 e. The van der Waals surface area contributed by atoms with E-state index in [4.69, 9.17) is 3.63 Å². The van der Waals surface area contributed by atoms with Crippen LogP contribution in [0.2, 0.25) is 0 Å². The van der Waals surface area contributed by atoms with E-state index >= 15 is 8.78 Å². The molecule has 0 fully saturated rings. The zero-order chi connectivity index (χ0) is 25.9. The normalized spacial score (nSPS) is 12.9. The summed E-state index contributed by atoms with van der Waals surface area (Å²) in [6, 6.07) is 38.1. The summed E-state index contributed by atoms with van der Waals surface area (Å²) in [5, 5.41) is -2.85. The Balaban J connectivity index is 1.66. The van der Waals surface area contributed by atoms with Gasteiger partial charge in [0, 0.05) is 14.7 Å². The third-order valence-electron chi connectivity index (χ3n) is 6.06. The van der Waals surface area contributed by atoms with Crippen molar-refractivity contribution in [1.29, 1.82) is 0 Å². The van der Waals surface area contributed by atoms with Gasteiger partial charge >= 0.3 is 15.4 Å². The lowest BCUT2D eigenvalue weighted by Crippen LogP contribution is -2.34. The monoisotopic (exact) mass is 534 g/mol. The van der Waals surface area contributed by atoms with Crippen LogP contribution in [0.25, 0.3) is 10.8 Å². The second-order valence-corrected chi connectivity index (χ2v) is 13.0. The van der Waals surface area contributed by atoms with E-state index in [0.29, 0.717) is 20.1 Å². The predicted octanol–water partition coefficient (Wildman–Crippen LogP) is 8.22. The second-order valence-electron chi connectivity index (χ2n) is 8.47. The number of hydrogen-bond acceptors (Lipinski definition) is 3. The highest BCUT2D eigenvalue weighted by atomic mass is 32.3. The molecule has 0 atom stereocenters. The van der Waals surface area contributed by atoms with Gasteiger partial charge in [0.2, 0.25) is 0 Å². The first-order valence-electron chi connectivity index (χ1n) is 11.6. The molecule has 3 nitrogen and oxygen atoms in total.